The van der Waals surface area contributed by atoms with Crippen LogP contribution in [0.2, 0.25) is 0 Å². The fourth-order valence-corrected chi connectivity index (χ4v) is 2.99. The average Bonchev–Trinajstić information content (AvgIpc) is 2.31. The lowest BCUT2D eigenvalue weighted by Crippen LogP contribution is -2.43. The number of hydrogen-bond acceptors (Lipinski definition) is 4. The number of sulfonamides is 1. The number of benzene rings is 1. The molecule has 0 radical (unpaired) electrons. The zero-order chi connectivity index (χ0) is 14.8. The van der Waals surface area contributed by atoms with Gasteiger partial charge in [0.2, 0.25) is 10.0 Å². The third-order valence-corrected chi connectivity index (χ3v) is 4.24. The molecule has 5 nitrogen and oxygen atoms in total. The average molecular weight is 285 g/mol. The van der Waals surface area contributed by atoms with Crippen molar-refractivity contribution in [1.82, 2.24) is 0 Å². The van der Waals surface area contributed by atoms with Crippen molar-refractivity contribution in [1.29, 1.82) is 0 Å². The Balaban J connectivity index is 3.33. The third kappa shape index (κ3) is 3.47. The maximum atomic E-state index is 11.9. The molecule has 1 aromatic carbocycles. The van der Waals surface area contributed by atoms with Crippen LogP contribution in [0.15, 0.2) is 18.2 Å². The lowest BCUT2D eigenvalue weighted by Gasteiger charge is -2.27. The number of aryl methyl sites for hydroxylation is 2. The van der Waals surface area contributed by atoms with Crippen molar-refractivity contribution < 1.29 is 17.9 Å². The van der Waals surface area contributed by atoms with E-state index in [1.54, 1.807) is 12.1 Å². The zero-order valence-electron chi connectivity index (χ0n) is 11.8. The molecule has 1 rings (SSSR count). The molecule has 0 amide bonds. The molecule has 0 aliphatic rings. The van der Waals surface area contributed by atoms with Crippen LogP contribution in [0.5, 0.6) is 0 Å². The van der Waals surface area contributed by atoms with E-state index in [0.717, 1.165) is 21.7 Å². The molecule has 0 saturated heterocycles. The number of rotatable bonds is 4. The predicted octanol–water partition coefficient (Wildman–Crippen LogP) is 1.63. The smallest absolute Gasteiger partial charge is 0.329 e. The summed E-state index contributed by atoms with van der Waals surface area (Å²) in [6, 6.07) is 4.35. The highest BCUT2D eigenvalue weighted by atomic mass is 32.2. The molecule has 0 heterocycles. The van der Waals surface area contributed by atoms with Crippen molar-refractivity contribution in [2.24, 2.45) is 0 Å². The number of nitrogens with zero attached hydrogens (tertiary/aromatic N) is 1. The Morgan fingerprint density at radius 1 is 1.26 bits per heavy atom. The second-order valence-electron chi connectivity index (χ2n) is 4.53. The Morgan fingerprint density at radius 3 is 2.26 bits per heavy atom. The number of anilines is 1. The molecule has 0 bridgehead atoms. The number of esters is 1. The van der Waals surface area contributed by atoms with E-state index in [-0.39, 0.29) is 0 Å². The van der Waals surface area contributed by atoms with Crippen molar-refractivity contribution in [2.45, 2.75) is 26.8 Å². The molecule has 0 saturated carbocycles. The second kappa shape index (κ2) is 5.61. The number of ether oxygens (including phenoxy) is 1. The summed E-state index contributed by atoms with van der Waals surface area (Å²) in [5.74, 6) is -0.594. The van der Waals surface area contributed by atoms with Gasteiger partial charge in [-0.15, -0.1) is 0 Å². The molecule has 19 heavy (non-hydrogen) atoms. The molecule has 6 heteroatoms. The zero-order valence-corrected chi connectivity index (χ0v) is 12.6. The topological polar surface area (TPSA) is 63.7 Å². The molecular formula is C13H19NO4S. The Labute approximate surface area is 114 Å². The largest absolute Gasteiger partial charge is 0.467 e. The maximum absolute atomic E-state index is 11.9. The first-order valence-corrected chi connectivity index (χ1v) is 7.67. The summed E-state index contributed by atoms with van der Waals surface area (Å²) in [6.45, 7) is 5.33. The molecule has 0 fully saturated rings. The van der Waals surface area contributed by atoms with E-state index in [4.69, 9.17) is 0 Å². The Hall–Kier alpha value is -1.56. The fraction of sp³-hybridized carbons (Fsp3) is 0.462. The number of carbonyl (C=O) groups is 1. The van der Waals surface area contributed by atoms with Crippen LogP contribution in [-0.4, -0.2) is 33.8 Å². The predicted molar refractivity (Wildman–Crippen MR) is 74.7 cm³/mol. The van der Waals surface area contributed by atoms with Gasteiger partial charge in [0, 0.05) is 0 Å². The molecule has 0 N–H and O–H groups in total. The standard InChI is InChI=1S/C13H19NO4S/c1-9-6-7-12(8-10(9)2)14(19(5,16)17)11(3)13(15)18-4/h6-8,11H,1-5H3/t11-/m1/s1. The molecule has 0 unspecified atom stereocenters. The van der Waals surface area contributed by atoms with E-state index in [9.17, 15) is 13.2 Å². The van der Waals surface area contributed by atoms with Gasteiger partial charge in [-0.25, -0.2) is 13.2 Å². The van der Waals surface area contributed by atoms with Gasteiger partial charge in [0.1, 0.15) is 6.04 Å². The SMILES string of the molecule is COC(=O)[C@@H](C)N(c1ccc(C)c(C)c1)S(C)(=O)=O. The van der Waals surface area contributed by atoms with Gasteiger partial charge in [0.15, 0.2) is 0 Å². The normalized spacial score (nSPS) is 12.9. The summed E-state index contributed by atoms with van der Waals surface area (Å²) < 4.78 is 29.5. The second-order valence-corrected chi connectivity index (χ2v) is 6.39. The minimum absolute atomic E-state index is 0.462. The van der Waals surface area contributed by atoms with Gasteiger partial charge in [0.25, 0.3) is 0 Å². The minimum atomic E-state index is -3.57. The van der Waals surface area contributed by atoms with E-state index in [1.165, 1.54) is 14.0 Å². The number of methoxy groups -OCH3 is 1. The van der Waals surface area contributed by atoms with Crippen molar-refractivity contribution in [3.05, 3.63) is 29.3 Å². The first-order chi connectivity index (χ1) is 8.68. The number of hydrogen-bond donors (Lipinski definition) is 0. The molecule has 1 aromatic rings. The van der Waals surface area contributed by atoms with Gasteiger partial charge < -0.3 is 4.74 Å². The third-order valence-electron chi connectivity index (χ3n) is 3.00. The van der Waals surface area contributed by atoms with Gasteiger partial charge in [-0.1, -0.05) is 6.07 Å². The summed E-state index contributed by atoms with van der Waals surface area (Å²) >= 11 is 0. The van der Waals surface area contributed by atoms with E-state index >= 15 is 0 Å². The van der Waals surface area contributed by atoms with Crippen LogP contribution in [0, 0.1) is 13.8 Å². The monoisotopic (exact) mass is 285 g/mol. The Kier molecular flexibility index (Phi) is 4.57. The fourth-order valence-electron chi connectivity index (χ4n) is 1.83. The number of carbonyl (C=O) groups excluding carboxylic acids is 1. The molecule has 1 atom stereocenters. The Morgan fingerprint density at radius 2 is 1.84 bits per heavy atom. The van der Waals surface area contributed by atoms with Crippen LogP contribution < -0.4 is 4.31 Å². The van der Waals surface area contributed by atoms with Crippen LogP contribution in [0.3, 0.4) is 0 Å². The van der Waals surface area contributed by atoms with Crippen LogP contribution in [0.25, 0.3) is 0 Å². The van der Waals surface area contributed by atoms with E-state index in [1.807, 2.05) is 19.9 Å². The molecule has 106 valence electrons. The van der Waals surface area contributed by atoms with Gasteiger partial charge in [-0.3, -0.25) is 4.31 Å². The molecule has 0 spiro atoms. The molecule has 0 aromatic heterocycles. The van der Waals surface area contributed by atoms with E-state index in [0.29, 0.717) is 5.69 Å². The summed E-state index contributed by atoms with van der Waals surface area (Å²) in [4.78, 5) is 11.6. The quantitative estimate of drug-likeness (QED) is 0.789. The molecule has 0 aliphatic heterocycles. The van der Waals surface area contributed by atoms with Gasteiger partial charge in [-0.2, -0.15) is 0 Å². The highest BCUT2D eigenvalue weighted by Gasteiger charge is 2.29. The summed E-state index contributed by atoms with van der Waals surface area (Å²) in [5, 5.41) is 0. The maximum Gasteiger partial charge on any atom is 0.329 e. The van der Waals surface area contributed by atoms with Crippen LogP contribution in [-0.2, 0) is 19.6 Å². The van der Waals surface area contributed by atoms with E-state index in [2.05, 4.69) is 4.74 Å². The first kappa shape index (κ1) is 15.5. The highest BCUT2D eigenvalue weighted by Crippen LogP contribution is 2.23. The van der Waals surface area contributed by atoms with Crippen molar-refractivity contribution in [3.63, 3.8) is 0 Å². The van der Waals surface area contributed by atoms with Crippen molar-refractivity contribution in [2.75, 3.05) is 17.7 Å². The molecular weight excluding hydrogens is 266 g/mol. The minimum Gasteiger partial charge on any atom is -0.467 e. The first-order valence-electron chi connectivity index (χ1n) is 5.83. The highest BCUT2D eigenvalue weighted by molar-refractivity contribution is 7.92. The summed E-state index contributed by atoms with van der Waals surface area (Å²) in [6.07, 6.45) is 1.07. The Bertz CT molecular complexity index is 580. The molecule has 0 aliphatic carbocycles. The summed E-state index contributed by atoms with van der Waals surface area (Å²) in [5.41, 5.74) is 2.48. The van der Waals surface area contributed by atoms with Crippen molar-refractivity contribution in [3.8, 4) is 0 Å². The lowest BCUT2D eigenvalue weighted by molar-refractivity contribution is -0.141. The van der Waals surface area contributed by atoms with Gasteiger partial charge in [0.05, 0.1) is 19.1 Å². The van der Waals surface area contributed by atoms with E-state index < -0.39 is 22.0 Å². The van der Waals surface area contributed by atoms with Crippen LogP contribution in [0.4, 0.5) is 5.69 Å². The summed E-state index contributed by atoms with van der Waals surface area (Å²) in [7, 11) is -2.33. The van der Waals surface area contributed by atoms with Crippen molar-refractivity contribution >= 4 is 21.7 Å². The van der Waals surface area contributed by atoms with Crippen LogP contribution in [0.1, 0.15) is 18.1 Å². The van der Waals surface area contributed by atoms with Crippen LogP contribution >= 0.6 is 0 Å². The van der Waals surface area contributed by atoms with Gasteiger partial charge in [-0.05, 0) is 44.0 Å². The van der Waals surface area contributed by atoms with Gasteiger partial charge >= 0.3 is 5.97 Å². The lowest BCUT2D eigenvalue weighted by atomic mass is 10.1.